The number of nitro groups is 1. The van der Waals surface area contributed by atoms with Gasteiger partial charge in [-0.1, -0.05) is 11.2 Å². The summed E-state index contributed by atoms with van der Waals surface area (Å²) in [5, 5.41) is 18.1. The van der Waals surface area contributed by atoms with Crippen molar-refractivity contribution >= 4 is 11.4 Å². The number of aromatic nitrogens is 3. The largest absolute Gasteiger partial charge is 0.376 e. The molecule has 0 bridgehead atoms. The van der Waals surface area contributed by atoms with E-state index in [1.165, 1.54) is 6.07 Å². The summed E-state index contributed by atoms with van der Waals surface area (Å²) in [6.45, 7) is 4.00. The molecule has 0 spiro atoms. The van der Waals surface area contributed by atoms with Gasteiger partial charge in [0.2, 0.25) is 5.82 Å². The standard InChI is InChI=1S/C16H13N5O3/c1-2-7-18-13-6-5-11(9-14(13)21(22)23)15-19-16(24-20-15)12-4-3-8-17-10-12/h2-6,8-10,18H,1,7H2. The first-order valence-electron chi connectivity index (χ1n) is 7.06. The quantitative estimate of drug-likeness (QED) is 0.421. The van der Waals surface area contributed by atoms with E-state index in [1.807, 2.05) is 0 Å². The number of pyridine rings is 1. The van der Waals surface area contributed by atoms with Crippen molar-refractivity contribution in [2.75, 3.05) is 11.9 Å². The average Bonchev–Trinajstić information content (AvgIpc) is 3.10. The monoisotopic (exact) mass is 323 g/mol. The highest BCUT2D eigenvalue weighted by molar-refractivity contribution is 5.71. The minimum Gasteiger partial charge on any atom is -0.376 e. The Hall–Kier alpha value is -3.55. The minimum absolute atomic E-state index is 0.0675. The molecular formula is C16H13N5O3. The second-order valence-corrected chi connectivity index (χ2v) is 4.82. The maximum Gasteiger partial charge on any atom is 0.293 e. The summed E-state index contributed by atoms with van der Waals surface area (Å²) >= 11 is 0. The summed E-state index contributed by atoms with van der Waals surface area (Å²) in [6.07, 6.45) is 4.86. The lowest BCUT2D eigenvalue weighted by Crippen LogP contribution is -2.02. The highest BCUT2D eigenvalue weighted by Crippen LogP contribution is 2.30. The molecule has 0 amide bonds. The van der Waals surface area contributed by atoms with Gasteiger partial charge in [-0.15, -0.1) is 6.58 Å². The van der Waals surface area contributed by atoms with Gasteiger partial charge in [0, 0.05) is 30.6 Å². The van der Waals surface area contributed by atoms with Crippen LogP contribution < -0.4 is 5.32 Å². The molecular weight excluding hydrogens is 310 g/mol. The molecule has 120 valence electrons. The second-order valence-electron chi connectivity index (χ2n) is 4.82. The normalized spacial score (nSPS) is 10.3. The maximum atomic E-state index is 11.3. The summed E-state index contributed by atoms with van der Waals surface area (Å²) in [6, 6.07) is 8.25. The third-order valence-electron chi connectivity index (χ3n) is 3.22. The molecule has 0 saturated carbocycles. The molecule has 8 heteroatoms. The van der Waals surface area contributed by atoms with Crippen LogP contribution in [0.1, 0.15) is 0 Å². The lowest BCUT2D eigenvalue weighted by molar-refractivity contribution is -0.383. The summed E-state index contributed by atoms with van der Waals surface area (Å²) < 4.78 is 5.20. The number of hydrogen-bond acceptors (Lipinski definition) is 7. The van der Waals surface area contributed by atoms with Crippen molar-refractivity contribution in [2.24, 2.45) is 0 Å². The zero-order valence-electron chi connectivity index (χ0n) is 12.5. The lowest BCUT2D eigenvalue weighted by Gasteiger charge is -2.05. The minimum atomic E-state index is -0.461. The smallest absolute Gasteiger partial charge is 0.293 e. The molecule has 0 fully saturated rings. The Bertz CT molecular complexity index is 876. The fraction of sp³-hybridized carbons (Fsp3) is 0.0625. The number of nitrogens with one attached hydrogen (secondary N) is 1. The van der Waals surface area contributed by atoms with Crippen molar-refractivity contribution < 1.29 is 9.45 Å². The summed E-state index contributed by atoms with van der Waals surface area (Å²) in [7, 11) is 0. The molecule has 1 N–H and O–H groups in total. The Balaban J connectivity index is 1.95. The molecule has 0 radical (unpaired) electrons. The molecule has 2 heterocycles. The highest BCUT2D eigenvalue weighted by Gasteiger charge is 2.18. The zero-order valence-corrected chi connectivity index (χ0v) is 12.5. The molecule has 0 unspecified atom stereocenters. The Kier molecular flexibility index (Phi) is 4.28. The highest BCUT2D eigenvalue weighted by atomic mass is 16.6. The van der Waals surface area contributed by atoms with E-state index in [0.29, 0.717) is 29.2 Å². The topological polar surface area (TPSA) is 107 Å². The number of benzene rings is 1. The Morgan fingerprint density at radius 3 is 2.92 bits per heavy atom. The van der Waals surface area contributed by atoms with Crippen LogP contribution in [0.15, 0.2) is 59.9 Å². The first kappa shape index (κ1) is 15.3. The van der Waals surface area contributed by atoms with Gasteiger partial charge in [0.25, 0.3) is 11.6 Å². The van der Waals surface area contributed by atoms with E-state index in [1.54, 1.807) is 42.7 Å². The Morgan fingerprint density at radius 1 is 1.33 bits per heavy atom. The van der Waals surface area contributed by atoms with Gasteiger partial charge in [-0.25, -0.2) is 0 Å². The number of hydrogen-bond donors (Lipinski definition) is 1. The van der Waals surface area contributed by atoms with Gasteiger partial charge in [-0.05, 0) is 24.3 Å². The molecule has 0 aliphatic rings. The van der Waals surface area contributed by atoms with Crippen LogP contribution in [0.2, 0.25) is 0 Å². The molecule has 0 saturated heterocycles. The average molecular weight is 323 g/mol. The van der Waals surface area contributed by atoms with Crippen molar-refractivity contribution in [1.29, 1.82) is 0 Å². The van der Waals surface area contributed by atoms with Gasteiger partial charge in [-0.2, -0.15) is 4.98 Å². The predicted octanol–water partition coefficient (Wildman–Crippen LogP) is 3.30. The molecule has 8 nitrogen and oxygen atoms in total. The van der Waals surface area contributed by atoms with Gasteiger partial charge < -0.3 is 9.84 Å². The van der Waals surface area contributed by atoms with Gasteiger partial charge in [0.1, 0.15) is 5.69 Å². The van der Waals surface area contributed by atoms with Crippen molar-refractivity contribution in [3.05, 3.63) is 65.5 Å². The van der Waals surface area contributed by atoms with E-state index in [2.05, 4.69) is 27.0 Å². The van der Waals surface area contributed by atoms with E-state index >= 15 is 0 Å². The molecule has 0 atom stereocenters. The molecule has 3 rings (SSSR count). The van der Waals surface area contributed by atoms with E-state index < -0.39 is 4.92 Å². The van der Waals surface area contributed by atoms with Crippen molar-refractivity contribution in [1.82, 2.24) is 15.1 Å². The Morgan fingerprint density at radius 2 is 2.21 bits per heavy atom. The van der Waals surface area contributed by atoms with Crippen molar-refractivity contribution in [3.63, 3.8) is 0 Å². The van der Waals surface area contributed by atoms with E-state index in [9.17, 15) is 10.1 Å². The molecule has 24 heavy (non-hydrogen) atoms. The maximum absolute atomic E-state index is 11.3. The first-order valence-corrected chi connectivity index (χ1v) is 7.06. The van der Waals surface area contributed by atoms with Crippen molar-refractivity contribution in [2.45, 2.75) is 0 Å². The third-order valence-corrected chi connectivity index (χ3v) is 3.22. The van der Waals surface area contributed by atoms with Gasteiger partial charge in [0.15, 0.2) is 0 Å². The lowest BCUT2D eigenvalue weighted by atomic mass is 10.1. The van der Waals surface area contributed by atoms with Crippen LogP contribution in [0.25, 0.3) is 22.8 Å². The SMILES string of the molecule is C=CCNc1ccc(-c2noc(-c3cccnc3)n2)cc1[N+](=O)[O-]. The molecule has 2 aromatic heterocycles. The second kappa shape index (κ2) is 6.69. The molecule has 1 aromatic carbocycles. The fourth-order valence-electron chi connectivity index (χ4n) is 2.10. The number of anilines is 1. The van der Waals surface area contributed by atoms with Crippen LogP contribution >= 0.6 is 0 Å². The van der Waals surface area contributed by atoms with Gasteiger partial charge >= 0.3 is 0 Å². The summed E-state index contributed by atoms with van der Waals surface area (Å²) in [5.74, 6) is 0.571. The van der Waals surface area contributed by atoms with Crippen LogP contribution in [-0.2, 0) is 0 Å². The summed E-state index contributed by atoms with van der Waals surface area (Å²) in [5.41, 5.74) is 1.50. The first-order chi connectivity index (χ1) is 11.7. The predicted molar refractivity (Wildman–Crippen MR) is 88.3 cm³/mol. The van der Waals surface area contributed by atoms with Crippen LogP contribution in [0.3, 0.4) is 0 Å². The Labute approximate surface area is 137 Å². The fourth-order valence-corrected chi connectivity index (χ4v) is 2.10. The van der Waals surface area contributed by atoms with E-state index in [0.717, 1.165) is 0 Å². The van der Waals surface area contributed by atoms with Crippen molar-refractivity contribution in [3.8, 4) is 22.8 Å². The molecule has 0 aliphatic heterocycles. The van der Waals surface area contributed by atoms with Gasteiger partial charge in [0.05, 0.1) is 10.5 Å². The van der Waals surface area contributed by atoms with Crippen LogP contribution in [0.4, 0.5) is 11.4 Å². The zero-order chi connectivity index (χ0) is 16.9. The van der Waals surface area contributed by atoms with Crippen LogP contribution in [0.5, 0.6) is 0 Å². The van der Waals surface area contributed by atoms with E-state index in [-0.39, 0.29) is 11.5 Å². The van der Waals surface area contributed by atoms with E-state index in [4.69, 9.17) is 4.52 Å². The molecule has 0 aliphatic carbocycles. The summed E-state index contributed by atoms with van der Waals surface area (Å²) in [4.78, 5) is 19.1. The number of nitro benzene ring substituents is 1. The number of rotatable bonds is 6. The molecule has 3 aromatic rings. The van der Waals surface area contributed by atoms with Crippen LogP contribution in [0, 0.1) is 10.1 Å². The van der Waals surface area contributed by atoms with Gasteiger partial charge in [-0.3, -0.25) is 15.1 Å². The third kappa shape index (κ3) is 3.12. The number of nitrogens with zero attached hydrogens (tertiary/aromatic N) is 4. The van der Waals surface area contributed by atoms with Crippen LogP contribution in [-0.4, -0.2) is 26.6 Å².